The second-order valence-corrected chi connectivity index (χ2v) is 5.33. The molecule has 1 atom stereocenters. The molecule has 1 aliphatic heterocycles. The molecule has 1 aromatic heterocycles. The topological polar surface area (TPSA) is 89.7 Å². The van der Waals surface area contributed by atoms with Crippen LogP contribution in [-0.4, -0.2) is 60.5 Å². The van der Waals surface area contributed by atoms with Crippen LogP contribution in [0.15, 0.2) is 4.52 Å². The molecule has 1 fully saturated rings. The minimum absolute atomic E-state index is 0.0114. The van der Waals surface area contributed by atoms with E-state index >= 15 is 0 Å². The normalized spacial score (nSPS) is 18.5. The molecular weight excluding hydrogens is 288 g/mol. The largest absolute Gasteiger partial charge is 0.385 e. The average Bonchev–Trinajstić information content (AvgIpc) is 2.95. The Morgan fingerprint density at radius 1 is 1.55 bits per heavy atom. The van der Waals surface area contributed by atoms with E-state index in [1.54, 1.807) is 18.9 Å². The number of methoxy groups -OCH3 is 1. The summed E-state index contributed by atoms with van der Waals surface area (Å²) in [5.41, 5.74) is 0. The van der Waals surface area contributed by atoms with Crippen molar-refractivity contribution in [3.05, 3.63) is 11.7 Å². The van der Waals surface area contributed by atoms with E-state index in [0.29, 0.717) is 38.0 Å². The number of nitrogens with one attached hydrogen (secondary N) is 1. The number of likely N-dealkylation sites (tertiary alicyclic amines) is 1. The fourth-order valence-corrected chi connectivity index (χ4v) is 2.37. The first kappa shape index (κ1) is 16.7. The Morgan fingerprint density at radius 3 is 3.14 bits per heavy atom. The van der Waals surface area contributed by atoms with Gasteiger partial charge < -0.3 is 24.2 Å². The SMILES string of the molecule is COCCCNC(=O)N1CCCC(OCc2noc(C)n2)C1. The fourth-order valence-electron chi connectivity index (χ4n) is 2.37. The molecule has 2 rings (SSSR count). The first-order chi connectivity index (χ1) is 10.7. The minimum Gasteiger partial charge on any atom is -0.385 e. The highest BCUT2D eigenvalue weighted by atomic mass is 16.5. The summed E-state index contributed by atoms with van der Waals surface area (Å²) in [7, 11) is 1.65. The van der Waals surface area contributed by atoms with Crippen LogP contribution in [-0.2, 0) is 16.1 Å². The smallest absolute Gasteiger partial charge is 0.317 e. The van der Waals surface area contributed by atoms with Gasteiger partial charge in [-0.2, -0.15) is 4.98 Å². The molecule has 1 aromatic rings. The Balaban J connectivity index is 1.70. The van der Waals surface area contributed by atoms with Crippen LogP contribution in [0.4, 0.5) is 4.79 Å². The van der Waals surface area contributed by atoms with Gasteiger partial charge in [0.1, 0.15) is 6.61 Å². The lowest BCUT2D eigenvalue weighted by molar-refractivity contribution is -0.00372. The Kier molecular flexibility index (Phi) is 6.60. The molecule has 8 heteroatoms. The first-order valence-electron chi connectivity index (χ1n) is 7.61. The number of nitrogens with zero attached hydrogens (tertiary/aromatic N) is 3. The quantitative estimate of drug-likeness (QED) is 0.758. The summed E-state index contributed by atoms with van der Waals surface area (Å²) in [6.07, 6.45) is 2.69. The fraction of sp³-hybridized carbons (Fsp3) is 0.786. The van der Waals surface area contributed by atoms with E-state index in [2.05, 4.69) is 15.5 Å². The van der Waals surface area contributed by atoms with E-state index in [9.17, 15) is 4.79 Å². The van der Waals surface area contributed by atoms with Crippen molar-refractivity contribution in [2.24, 2.45) is 0 Å². The molecule has 1 saturated heterocycles. The van der Waals surface area contributed by atoms with Crippen molar-refractivity contribution in [2.75, 3.05) is 33.4 Å². The van der Waals surface area contributed by atoms with E-state index in [1.807, 2.05) is 0 Å². The van der Waals surface area contributed by atoms with Gasteiger partial charge in [0.2, 0.25) is 5.89 Å². The molecule has 0 radical (unpaired) electrons. The summed E-state index contributed by atoms with van der Waals surface area (Å²) >= 11 is 0. The molecule has 1 unspecified atom stereocenters. The zero-order valence-corrected chi connectivity index (χ0v) is 13.2. The van der Waals surface area contributed by atoms with Crippen molar-refractivity contribution in [1.29, 1.82) is 0 Å². The third-order valence-electron chi connectivity index (χ3n) is 3.48. The van der Waals surface area contributed by atoms with Gasteiger partial charge in [-0.1, -0.05) is 5.16 Å². The van der Waals surface area contributed by atoms with Gasteiger partial charge in [-0.15, -0.1) is 0 Å². The minimum atomic E-state index is -0.0418. The highest BCUT2D eigenvalue weighted by Crippen LogP contribution is 2.14. The summed E-state index contributed by atoms with van der Waals surface area (Å²) in [6.45, 7) is 4.68. The maximum absolute atomic E-state index is 12.1. The highest BCUT2D eigenvalue weighted by molar-refractivity contribution is 5.74. The number of rotatable bonds is 7. The number of aryl methyl sites for hydroxylation is 1. The van der Waals surface area contributed by atoms with Gasteiger partial charge in [-0.05, 0) is 19.3 Å². The average molecular weight is 312 g/mol. The molecule has 0 bridgehead atoms. The van der Waals surface area contributed by atoms with Gasteiger partial charge in [-0.3, -0.25) is 0 Å². The van der Waals surface area contributed by atoms with Crippen molar-refractivity contribution in [2.45, 2.75) is 38.9 Å². The van der Waals surface area contributed by atoms with Crippen LogP contribution in [0, 0.1) is 6.92 Å². The molecule has 124 valence electrons. The number of ether oxygens (including phenoxy) is 2. The Bertz CT molecular complexity index is 465. The van der Waals surface area contributed by atoms with Gasteiger partial charge in [0, 0.05) is 40.3 Å². The van der Waals surface area contributed by atoms with Crippen LogP contribution < -0.4 is 5.32 Å². The second-order valence-electron chi connectivity index (χ2n) is 5.33. The number of carbonyl (C=O) groups excluding carboxylic acids is 1. The van der Waals surface area contributed by atoms with Crippen molar-refractivity contribution in [3.63, 3.8) is 0 Å². The monoisotopic (exact) mass is 312 g/mol. The summed E-state index contributed by atoms with van der Waals surface area (Å²) < 4.78 is 15.6. The van der Waals surface area contributed by atoms with Crippen LogP contribution >= 0.6 is 0 Å². The molecule has 2 heterocycles. The third-order valence-corrected chi connectivity index (χ3v) is 3.48. The maximum Gasteiger partial charge on any atom is 0.317 e. The molecule has 2 amide bonds. The Morgan fingerprint density at radius 2 is 2.41 bits per heavy atom. The molecule has 0 aliphatic carbocycles. The Labute approximate surface area is 130 Å². The molecule has 0 saturated carbocycles. The number of hydrogen-bond acceptors (Lipinski definition) is 6. The Hall–Kier alpha value is -1.67. The van der Waals surface area contributed by atoms with Gasteiger partial charge >= 0.3 is 6.03 Å². The lowest BCUT2D eigenvalue weighted by atomic mass is 10.1. The number of urea groups is 1. The van der Waals surface area contributed by atoms with Gasteiger partial charge in [-0.25, -0.2) is 4.79 Å². The summed E-state index contributed by atoms with van der Waals surface area (Å²) in [5, 5.41) is 6.69. The van der Waals surface area contributed by atoms with Gasteiger partial charge in [0.05, 0.1) is 6.10 Å². The number of carbonyl (C=O) groups is 1. The first-order valence-corrected chi connectivity index (χ1v) is 7.61. The lowest BCUT2D eigenvalue weighted by Crippen LogP contribution is -2.48. The van der Waals surface area contributed by atoms with E-state index in [1.165, 1.54) is 0 Å². The van der Waals surface area contributed by atoms with Gasteiger partial charge in [0.25, 0.3) is 0 Å². The maximum atomic E-state index is 12.1. The van der Waals surface area contributed by atoms with E-state index in [0.717, 1.165) is 25.8 Å². The van der Waals surface area contributed by atoms with Crippen LogP contribution in [0.2, 0.25) is 0 Å². The van der Waals surface area contributed by atoms with Crippen LogP contribution in [0.25, 0.3) is 0 Å². The number of hydrogen-bond donors (Lipinski definition) is 1. The van der Waals surface area contributed by atoms with E-state index in [4.69, 9.17) is 14.0 Å². The number of piperidine rings is 1. The van der Waals surface area contributed by atoms with Crippen molar-refractivity contribution in [1.82, 2.24) is 20.4 Å². The molecule has 1 aliphatic rings. The van der Waals surface area contributed by atoms with E-state index in [-0.39, 0.29) is 12.1 Å². The predicted molar refractivity (Wildman–Crippen MR) is 78.3 cm³/mol. The summed E-state index contributed by atoms with van der Waals surface area (Å²) in [5.74, 6) is 1.07. The highest BCUT2D eigenvalue weighted by Gasteiger charge is 2.24. The van der Waals surface area contributed by atoms with Crippen LogP contribution in [0.1, 0.15) is 31.0 Å². The van der Waals surface area contributed by atoms with Gasteiger partial charge in [0.15, 0.2) is 5.82 Å². The molecule has 0 aromatic carbocycles. The molecule has 8 nitrogen and oxygen atoms in total. The zero-order chi connectivity index (χ0) is 15.8. The predicted octanol–water partition coefficient (Wildman–Crippen LogP) is 1.11. The standard InChI is InChI=1S/C14H24N4O4/c1-11-16-13(17-22-11)10-21-12-5-3-7-18(9-12)14(19)15-6-4-8-20-2/h12H,3-10H2,1-2H3,(H,15,19). The van der Waals surface area contributed by atoms with E-state index < -0.39 is 0 Å². The van der Waals surface area contributed by atoms with Crippen LogP contribution in [0.5, 0.6) is 0 Å². The lowest BCUT2D eigenvalue weighted by Gasteiger charge is -2.32. The second kappa shape index (κ2) is 8.70. The summed E-state index contributed by atoms with van der Waals surface area (Å²) in [6, 6.07) is -0.0418. The van der Waals surface area contributed by atoms with Crippen molar-refractivity contribution >= 4 is 6.03 Å². The molecule has 1 N–H and O–H groups in total. The molecule has 22 heavy (non-hydrogen) atoms. The number of aromatic nitrogens is 2. The van der Waals surface area contributed by atoms with Crippen molar-refractivity contribution < 1.29 is 18.8 Å². The van der Waals surface area contributed by atoms with Crippen LogP contribution in [0.3, 0.4) is 0 Å². The zero-order valence-electron chi connectivity index (χ0n) is 13.2. The molecule has 0 spiro atoms. The molecular formula is C14H24N4O4. The van der Waals surface area contributed by atoms with Crippen molar-refractivity contribution in [3.8, 4) is 0 Å². The third kappa shape index (κ3) is 5.27. The summed E-state index contributed by atoms with van der Waals surface area (Å²) in [4.78, 5) is 18.0. The number of amides is 2.